The van der Waals surface area contributed by atoms with Gasteiger partial charge < -0.3 is 9.88 Å². The Labute approximate surface area is 127 Å². The third-order valence-electron chi connectivity index (χ3n) is 3.29. The van der Waals surface area contributed by atoms with Crippen LogP contribution in [0.1, 0.15) is 28.2 Å². The summed E-state index contributed by atoms with van der Waals surface area (Å²) in [7, 11) is 0. The van der Waals surface area contributed by atoms with Crippen molar-refractivity contribution in [2.75, 3.05) is 0 Å². The molecule has 5 heteroatoms. The highest BCUT2D eigenvalue weighted by molar-refractivity contribution is 7.12. The molecule has 0 radical (unpaired) electrons. The van der Waals surface area contributed by atoms with Crippen LogP contribution < -0.4 is 5.32 Å². The average molecular weight is 297 g/mol. The monoisotopic (exact) mass is 297 g/mol. The van der Waals surface area contributed by atoms with Crippen molar-refractivity contribution in [2.24, 2.45) is 0 Å². The molecule has 3 rings (SSSR count). The van der Waals surface area contributed by atoms with Crippen molar-refractivity contribution in [1.29, 1.82) is 0 Å². The van der Waals surface area contributed by atoms with Gasteiger partial charge >= 0.3 is 0 Å². The quantitative estimate of drug-likeness (QED) is 0.802. The molecule has 0 aliphatic carbocycles. The van der Waals surface area contributed by atoms with E-state index in [2.05, 4.69) is 10.3 Å². The number of benzene rings is 1. The van der Waals surface area contributed by atoms with Crippen LogP contribution >= 0.6 is 11.3 Å². The van der Waals surface area contributed by atoms with E-state index in [9.17, 15) is 4.79 Å². The van der Waals surface area contributed by atoms with Gasteiger partial charge in [0.1, 0.15) is 0 Å². The second-order valence-corrected chi connectivity index (χ2v) is 5.68. The number of hydrogen-bond acceptors (Lipinski definition) is 3. The van der Waals surface area contributed by atoms with Gasteiger partial charge in [0.05, 0.1) is 17.2 Å². The minimum atomic E-state index is -0.0313. The molecule has 1 amide bonds. The first-order valence-electron chi connectivity index (χ1n) is 6.67. The Kier molecular flexibility index (Phi) is 3.83. The second-order valence-electron chi connectivity index (χ2n) is 4.73. The van der Waals surface area contributed by atoms with Crippen LogP contribution in [0.15, 0.2) is 60.5 Å². The Hall–Kier alpha value is -2.40. The van der Waals surface area contributed by atoms with E-state index >= 15 is 0 Å². The number of nitrogens with zero attached hydrogens (tertiary/aromatic N) is 2. The molecule has 0 fully saturated rings. The molecule has 21 heavy (non-hydrogen) atoms. The Balaban J connectivity index is 1.70. The van der Waals surface area contributed by atoms with E-state index in [1.165, 1.54) is 11.3 Å². The molecular weight excluding hydrogens is 282 g/mol. The van der Waals surface area contributed by atoms with Gasteiger partial charge in [-0.2, -0.15) is 0 Å². The predicted octanol–water partition coefficient (Wildman–Crippen LogP) is 3.42. The van der Waals surface area contributed by atoms with Crippen molar-refractivity contribution in [3.8, 4) is 5.69 Å². The highest BCUT2D eigenvalue weighted by Gasteiger charge is 2.12. The fourth-order valence-corrected chi connectivity index (χ4v) is 2.73. The summed E-state index contributed by atoms with van der Waals surface area (Å²) in [6.45, 7) is 1.98. The smallest absolute Gasteiger partial charge is 0.261 e. The minimum Gasteiger partial charge on any atom is -0.345 e. The number of amides is 1. The van der Waals surface area contributed by atoms with E-state index in [1.807, 2.05) is 59.5 Å². The zero-order valence-corrected chi connectivity index (χ0v) is 12.4. The van der Waals surface area contributed by atoms with Crippen molar-refractivity contribution in [3.63, 3.8) is 0 Å². The summed E-state index contributed by atoms with van der Waals surface area (Å²) in [4.78, 5) is 16.8. The third kappa shape index (κ3) is 3.03. The first-order chi connectivity index (χ1) is 10.2. The van der Waals surface area contributed by atoms with Gasteiger partial charge in [0.15, 0.2) is 0 Å². The average Bonchev–Trinajstić information content (AvgIpc) is 3.20. The highest BCUT2D eigenvalue weighted by atomic mass is 32.1. The Morgan fingerprint density at radius 1 is 1.29 bits per heavy atom. The zero-order chi connectivity index (χ0) is 14.7. The molecule has 0 saturated carbocycles. The Bertz CT molecular complexity index is 703. The topological polar surface area (TPSA) is 46.9 Å². The molecule has 1 aromatic carbocycles. The highest BCUT2D eigenvalue weighted by Crippen LogP contribution is 2.17. The number of carbonyl (C=O) groups is 1. The SMILES string of the molecule is C[C@H](NC(=O)c1cccs1)c1ccc(-n2ccnc2)cc1. The zero-order valence-electron chi connectivity index (χ0n) is 11.6. The molecule has 1 N–H and O–H groups in total. The van der Waals surface area contributed by atoms with Crippen molar-refractivity contribution < 1.29 is 4.79 Å². The Morgan fingerprint density at radius 2 is 2.10 bits per heavy atom. The molecule has 0 aliphatic heterocycles. The molecule has 0 bridgehead atoms. The van der Waals surface area contributed by atoms with Crippen molar-refractivity contribution in [1.82, 2.24) is 14.9 Å². The number of thiophene rings is 1. The molecular formula is C16H15N3OS. The van der Waals surface area contributed by atoms with Gasteiger partial charge in [-0.1, -0.05) is 18.2 Å². The normalized spacial score (nSPS) is 12.0. The van der Waals surface area contributed by atoms with Gasteiger partial charge in [-0.05, 0) is 36.1 Å². The third-order valence-corrected chi connectivity index (χ3v) is 4.16. The number of imidazole rings is 1. The van der Waals surface area contributed by atoms with E-state index in [0.29, 0.717) is 0 Å². The standard InChI is InChI=1S/C16H15N3OS/c1-12(18-16(20)15-3-2-10-21-15)13-4-6-14(7-5-13)19-9-8-17-11-19/h2-12H,1H3,(H,18,20)/t12-/m0/s1. The summed E-state index contributed by atoms with van der Waals surface area (Å²) in [5.41, 5.74) is 2.12. The molecule has 0 unspecified atom stereocenters. The lowest BCUT2D eigenvalue weighted by molar-refractivity contribution is 0.0944. The fourth-order valence-electron chi connectivity index (χ4n) is 2.11. The first-order valence-corrected chi connectivity index (χ1v) is 7.54. The summed E-state index contributed by atoms with van der Waals surface area (Å²) < 4.78 is 1.94. The maximum Gasteiger partial charge on any atom is 0.261 e. The van der Waals surface area contributed by atoms with Crippen LogP contribution in [0.3, 0.4) is 0 Å². The predicted molar refractivity (Wildman–Crippen MR) is 83.8 cm³/mol. The summed E-state index contributed by atoms with van der Waals surface area (Å²) >= 11 is 1.45. The number of aromatic nitrogens is 2. The van der Waals surface area contributed by atoms with Crippen molar-refractivity contribution in [2.45, 2.75) is 13.0 Å². The summed E-state index contributed by atoms with van der Waals surface area (Å²) in [6.07, 6.45) is 5.41. The van der Waals surface area contributed by atoms with Crippen LogP contribution in [0.25, 0.3) is 5.69 Å². The molecule has 2 heterocycles. The van der Waals surface area contributed by atoms with Gasteiger partial charge in [0, 0.05) is 18.1 Å². The van der Waals surface area contributed by atoms with Crippen LogP contribution in [0.5, 0.6) is 0 Å². The van der Waals surface area contributed by atoms with E-state index in [-0.39, 0.29) is 11.9 Å². The molecule has 0 aliphatic rings. The molecule has 0 spiro atoms. The number of rotatable bonds is 4. The molecule has 1 atom stereocenters. The minimum absolute atomic E-state index is 0.0311. The Morgan fingerprint density at radius 3 is 2.71 bits per heavy atom. The van der Waals surface area contributed by atoms with Gasteiger partial charge in [-0.15, -0.1) is 11.3 Å². The van der Waals surface area contributed by atoms with E-state index in [1.54, 1.807) is 12.5 Å². The second kappa shape index (κ2) is 5.93. The van der Waals surface area contributed by atoms with Gasteiger partial charge in [0.2, 0.25) is 0 Å². The van der Waals surface area contributed by atoms with E-state index in [4.69, 9.17) is 0 Å². The molecule has 0 saturated heterocycles. The fraction of sp³-hybridized carbons (Fsp3) is 0.125. The molecule has 4 nitrogen and oxygen atoms in total. The maximum atomic E-state index is 12.0. The van der Waals surface area contributed by atoms with Crippen LogP contribution in [0.2, 0.25) is 0 Å². The molecule has 3 aromatic rings. The lowest BCUT2D eigenvalue weighted by atomic mass is 10.1. The van der Waals surface area contributed by atoms with Crippen molar-refractivity contribution >= 4 is 17.2 Å². The van der Waals surface area contributed by atoms with Gasteiger partial charge in [-0.25, -0.2) is 4.98 Å². The summed E-state index contributed by atoms with van der Waals surface area (Å²) in [6, 6.07) is 11.8. The molecule has 2 aromatic heterocycles. The maximum absolute atomic E-state index is 12.0. The van der Waals surface area contributed by atoms with Gasteiger partial charge in [0.25, 0.3) is 5.91 Å². The van der Waals surface area contributed by atoms with Crippen LogP contribution in [-0.4, -0.2) is 15.5 Å². The number of carbonyl (C=O) groups excluding carboxylic acids is 1. The lowest BCUT2D eigenvalue weighted by Gasteiger charge is -2.14. The first kappa shape index (κ1) is 13.6. The van der Waals surface area contributed by atoms with Gasteiger partial charge in [-0.3, -0.25) is 4.79 Å². The molecule has 106 valence electrons. The van der Waals surface area contributed by atoms with E-state index in [0.717, 1.165) is 16.1 Å². The number of hydrogen-bond donors (Lipinski definition) is 1. The van der Waals surface area contributed by atoms with Crippen LogP contribution in [-0.2, 0) is 0 Å². The summed E-state index contributed by atoms with van der Waals surface area (Å²) in [5, 5.41) is 4.91. The van der Waals surface area contributed by atoms with Crippen molar-refractivity contribution in [3.05, 3.63) is 70.9 Å². The van der Waals surface area contributed by atoms with E-state index < -0.39 is 0 Å². The lowest BCUT2D eigenvalue weighted by Crippen LogP contribution is -2.25. The summed E-state index contributed by atoms with van der Waals surface area (Å²) in [5.74, 6) is -0.0313. The largest absolute Gasteiger partial charge is 0.345 e. The van der Waals surface area contributed by atoms with Crippen LogP contribution in [0.4, 0.5) is 0 Å². The number of nitrogens with one attached hydrogen (secondary N) is 1. The van der Waals surface area contributed by atoms with Crippen LogP contribution in [0, 0.1) is 0 Å².